The first kappa shape index (κ1) is 14.9. The molecular formula is C12H28N2O. The van der Waals surface area contributed by atoms with Gasteiger partial charge in [0, 0.05) is 25.7 Å². The van der Waals surface area contributed by atoms with E-state index < -0.39 is 0 Å². The van der Waals surface area contributed by atoms with Crippen LogP contribution in [0.25, 0.3) is 0 Å². The normalized spacial score (nSPS) is 13.4. The molecule has 0 radical (unpaired) electrons. The number of ether oxygens (including phenoxy) is 1. The third-order valence-electron chi connectivity index (χ3n) is 2.73. The highest BCUT2D eigenvalue weighted by Gasteiger charge is 2.09. The monoisotopic (exact) mass is 216 g/mol. The van der Waals surface area contributed by atoms with Crippen molar-refractivity contribution in [3.63, 3.8) is 0 Å². The third-order valence-corrected chi connectivity index (χ3v) is 2.73. The second-order valence-electron chi connectivity index (χ2n) is 3.86. The van der Waals surface area contributed by atoms with Crippen molar-refractivity contribution < 1.29 is 4.74 Å². The summed E-state index contributed by atoms with van der Waals surface area (Å²) in [5, 5.41) is 3.38. The van der Waals surface area contributed by atoms with E-state index in [1.165, 1.54) is 12.8 Å². The molecule has 0 bridgehead atoms. The number of hydrogen-bond donors (Lipinski definition) is 1. The van der Waals surface area contributed by atoms with Crippen LogP contribution in [-0.4, -0.2) is 50.8 Å². The Balaban J connectivity index is 3.73. The summed E-state index contributed by atoms with van der Waals surface area (Å²) in [6, 6.07) is 0.622. The average molecular weight is 216 g/mol. The van der Waals surface area contributed by atoms with Gasteiger partial charge >= 0.3 is 0 Å². The first-order valence-corrected chi connectivity index (χ1v) is 6.25. The van der Waals surface area contributed by atoms with Gasteiger partial charge in [-0.1, -0.05) is 20.3 Å². The quantitative estimate of drug-likeness (QED) is 0.563. The van der Waals surface area contributed by atoms with E-state index in [0.29, 0.717) is 6.04 Å². The predicted octanol–water partition coefficient (Wildman–Crippen LogP) is 1.73. The third kappa shape index (κ3) is 7.77. The summed E-state index contributed by atoms with van der Waals surface area (Å²) < 4.78 is 5.38. The van der Waals surface area contributed by atoms with E-state index in [9.17, 15) is 0 Å². The second kappa shape index (κ2) is 10.4. The van der Waals surface area contributed by atoms with Crippen molar-refractivity contribution >= 4 is 0 Å². The van der Waals surface area contributed by atoms with Gasteiger partial charge < -0.3 is 10.1 Å². The average Bonchev–Trinajstić information content (AvgIpc) is 2.26. The lowest BCUT2D eigenvalue weighted by Gasteiger charge is -2.25. The largest absolute Gasteiger partial charge is 0.380 e. The summed E-state index contributed by atoms with van der Waals surface area (Å²) in [7, 11) is 2.05. The van der Waals surface area contributed by atoms with Crippen LogP contribution in [0.4, 0.5) is 0 Å². The lowest BCUT2D eigenvalue weighted by molar-refractivity contribution is 0.111. The van der Waals surface area contributed by atoms with Gasteiger partial charge in [-0.2, -0.15) is 0 Å². The summed E-state index contributed by atoms with van der Waals surface area (Å²) in [5.41, 5.74) is 0. The Morgan fingerprint density at radius 2 is 2.00 bits per heavy atom. The van der Waals surface area contributed by atoms with Crippen molar-refractivity contribution in [2.45, 2.75) is 39.7 Å². The van der Waals surface area contributed by atoms with Crippen LogP contribution in [0.1, 0.15) is 33.6 Å². The van der Waals surface area contributed by atoms with E-state index in [-0.39, 0.29) is 0 Å². The molecule has 0 rings (SSSR count). The Kier molecular flexibility index (Phi) is 10.3. The number of likely N-dealkylation sites (N-methyl/N-ethyl adjacent to an activating group) is 2. The standard InChI is InChI=1S/C12H28N2O/c1-5-8-12(13-4)11-14(6-2)9-10-15-7-3/h12-13H,5-11H2,1-4H3. The van der Waals surface area contributed by atoms with Gasteiger partial charge in [0.1, 0.15) is 0 Å². The van der Waals surface area contributed by atoms with Crippen LogP contribution in [0.2, 0.25) is 0 Å². The molecule has 1 N–H and O–H groups in total. The van der Waals surface area contributed by atoms with Crippen molar-refractivity contribution in [2.24, 2.45) is 0 Å². The Hall–Kier alpha value is -0.120. The summed E-state index contributed by atoms with van der Waals surface area (Å²) in [4.78, 5) is 2.45. The summed E-state index contributed by atoms with van der Waals surface area (Å²) in [6.07, 6.45) is 2.50. The Bertz CT molecular complexity index is 131. The molecule has 0 aliphatic heterocycles. The first-order valence-electron chi connectivity index (χ1n) is 6.25. The fraction of sp³-hybridized carbons (Fsp3) is 1.00. The molecule has 0 saturated carbocycles. The van der Waals surface area contributed by atoms with E-state index in [1.807, 2.05) is 6.92 Å². The molecule has 0 aromatic rings. The molecule has 0 saturated heterocycles. The van der Waals surface area contributed by atoms with E-state index in [0.717, 1.165) is 32.8 Å². The Morgan fingerprint density at radius 3 is 2.47 bits per heavy atom. The van der Waals surface area contributed by atoms with E-state index in [2.05, 4.69) is 31.1 Å². The van der Waals surface area contributed by atoms with Crippen molar-refractivity contribution in [2.75, 3.05) is 39.9 Å². The van der Waals surface area contributed by atoms with E-state index >= 15 is 0 Å². The molecule has 0 fully saturated rings. The van der Waals surface area contributed by atoms with Crippen LogP contribution in [0.3, 0.4) is 0 Å². The molecule has 1 unspecified atom stereocenters. The fourth-order valence-electron chi connectivity index (χ4n) is 1.70. The van der Waals surface area contributed by atoms with Gasteiger partial charge in [0.05, 0.1) is 6.61 Å². The zero-order valence-electron chi connectivity index (χ0n) is 10.9. The Morgan fingerprint density at radius 1 is 1.27 bits per heavy atom. The molecule has 0 aliphatic rings. The smallest absolute Gasteiger partial charge is 0.0593 e. The van der Waals surface area contributed by atoms with Crippen LogP contribution in [-0.2, 0) is 4.74 Å². The fourth-order valence-corrected chi connectivity index (χ4v) is 1.70. The molecule has 92 valence electrons. The van der Waals surface area contributed by atoms with E-state index in [1.54, 1.807) is 0 Å². The highest BCUT2D eigenvalue weighted by molar-refractivity contribution is 4.69. The number of hydrogen-bond acceptors (Lipinski definition) is 3. The van der Waals surface area contributed by atoms with Crippen LogP contribution in [0.5, 0.6) is 0 Å². The molecule has 0 aromatic carbocycles. The zero-order valence-corrected chi connectivity index (χ0v) is 10.9. The van der Waals surface area contributed by atoms with Gasteiger partial charge in [-0.05, 0) is 26.9 Å². The molecule has 0 aliphatic carbocycles. The topological polar surface area (TPSA) is 24.5 Å². The summed E-state index contributed by atoms with van der Waals surface area (Å²) in [5.74, 6) is 0. The Labute approximate surface area is 95.2 Å². The summed E-state index contributed by atoms with van der Waals surface area (Å²) >= 11 is 0. The highest BCUT2D eigenvalue weighted by Crippen LogP contribution is 1.99. The lowest BCUT2D eigenvalue weighted by atomic mass is 10.1. The predicted molar refractivity (Wildman–Crippen MR) is 66.4 cm³/mol. The van der Waals surface area contributed by atoms with Crippen LogP contribution in [0, 0.1) is 0 Å². The molecule has 15 heavy (non-hydrogen) atoms. The molecule has 0 spiro atoms. The number of nitrogens with zero attached hydrogens (tertiary/aromatic N) is 1. The van der Waals surface area contributed by atoms with Crippen LogP contribution >= 0.6 is 0 Å². The van der Waals surface area contributed by atoms with Crippen molar-refractivity contribution in [1.82, 2.24) is 10.2 Å². The van der Waals surface area contributed by atoms with Gasteiger partial charge in [-0.25, -0.2) is 0 Å². The molecule has 0 aromatic heterocycles. The maximum atomic E-state index is 5.38. The highest BCUT2D eigenvalue weighted by atomic mass is 16.5. The lowest BCUT2D eigenvalue weighted by Crippen LogP contribution is -2.40. The molecule has 0 amide bonds. The zero-order chi connectivity index (χ0) is 11.5. The van der Waals surface area contributed by atoms with Crippen molar-refractivity contribution in [3.8, 4) is 0 Å². The minimum atomic E-state index is 0.622. The maximum absolute atomic E-state index is 5.38. The van der Waals surface area contributed by atoms with Crippen molar-refractivity contribution in [3.05, 3.63) is 0 Å². The van der Waals surface area contributed by atoms with E-state index in [4.69, 9.17) is 4.74 Å². The van der Waals surface area contributed by atoms with Crippen LogP contribution < -0.4 is 5.32 Å². The first-order chi connectivity index (χ1) is 7.28. The van der Waals surface area contributed by atoms with Gasteiger partial charge in [0.15, 0.2) is 0 Å². The van der Waals surface area contributed by atoms with Gasteiger partial charge in [-0.15, -0.1) is 0 Å². The second-order valence-corrected chi connectivity index (χ2v) is 3.86. The number of rotatable bonds is 10. The molecular weight excluding hydrogens is 188 g/mol. The molecule has 1 atom stereocenters. The SMILES string of the molecule is CCCC(CN(CC)CCOCC)NC. The molecule has 3 heteroatoms. The number of nitrogens with one attached hydrogen (secondary N) is 1. The van der Waals surface area contributed by atoms with Gasteiger partial charge in [0.2, 0.25) is 0 Å². The molecule has 0 heterocycles. The minimum absolute atomic E-state index is 0.622. The minimum Gasteiger partial charge on any atom is -0.380 e. The summed E-state index contributed by atoms with van der Waals surface area (Å²) in [6.45, 7) is 11.5. The molecule has 3 nitrogen and oxygen atoms in total. The maximum Gasteiger partial charge on any atom is 0.0593 e. The van der Waals surface area contributed by atoms with Crippen molar-refractivity contribution in [1.29, 1.82) is 0 Å². The van der Waals surface area contributed by atoms with Gasteiger partial charge in [0.25, 0.3) is 0 Å². The van der Waals surface area contributed by atoms with Crippen LogP contribution in [0.15, 0.2) is 0 Å². The van der Waals surface area contributed by atoms with Gasteiger partial charge in [-0.3, -0.25) is 4.90 Å².